The van der Waals surface area contributed by atoms with Crippen LogP contribution in [0.1, 0.15) is 36.2 Å². The van der Waals surface area contributed by atoms with E-state index < -0.39 is 33.9 Å². The lowest BCUT2D eigenvalue weighted by Crippen LogP contribution is -2.46. The molecule has 1 aromatic heterocycles. The van der Waals surface area contributed by atoms with Gasteiger partial charge in [-0.05, 0) is 28.8 Å². The molecule has 1 fully saturated rings. The average molecular weight is 382 g/mol. The quantitative estimate of drug-likeness (QED) is 0.820. The average Bonchev–Trinajstić information content (AvgIpc) is 2.81. The van der Waals surface area contributed by atoms with Gasteiger partial charge in [0.2, 0.25) is 15.8 Å². The van der Waals surface area contributed by atoms with Gasteiger partial charge in [0.1, 0.15) is 4.90 Å². The Hall–Kier alpha value is -0.900. The number of halogens is 1. The molecule has 1 heterocycles. The van der Waals surface area contributed by atoms with Crippen LogP contribution in [0, 0.1) is 0 Å². The van der Waals surface area contributed by atoms with Gasteiger partial charge in [0.25, 0.3) is 0 Å². The van der Waals surface area contributed by atoms with E-state index >= 15 is 0 Å². The molecule has 0 radical (unpaired) electrons. The van der Waals surface area contributed by atoms with Gasteiger partial charge in [-0.2, -0.15) is 4.31 Å². The predicted octanol–water partition coefficient (Wildman–Crippen LogP) is 1.66. The van der Waals surface area contributed by atoms with Gasteiger partial charge in [-0.3, -0.25) is 0 Å². The van der Waals surface area contributed by atoms with Crippen LogP contribution in [0.2, 0.25) is 0 Å². The van der Waals surface area contributed by atoms with Crippen molar-refractivity contribution in [2.45, 2.75) is 42.7 Å². The van der Waals surface area contributed by atoms with Crippen molar-refractivity contribution >= 4 is 31.9 Å². The molecular formula is C12H16BrNO6S. The highest BCUT2D eigenvalue weighted by atomic mass is 79.9. The fourth-order valence-corrected chi connectivity index (χ4v) is 4.80. The fraction of sp³-hybridized carbons (Fsp3) is 0.583. The van der Waals surface area contributed by atoms with E-state index in [1.165, 1.54) is 7.05 Å². The number of aliphatic hydroxyl groups excluding tert-OH is 1. The van der Waals surface area contributed by atoms with Gasteiger partial charge in [-0.25, -0.2) is 13.2 Å². The number of hydrogen-bond donors (Lipinski definition) is 2. The summed E-state index contributed by atoms with van der Waals surface area (Å²) in [4.78, 5) is 10.6. The molecule has 2 atom stereocenters. The Morgan fingerprint density at radius 3 is 2.57 bits per heavy atom. The van der Waals surface area contributed by atoms with Crippen LogP contribution in [-0.4, -0.2) is 48.1 Å². The molecule has 1 aliphatic rings. The first kappa shape index (κ1) is 16.5. The highest BCUT2D eigenvalue weighted by Crippen LogP contribution is 2.32. The van der Waals surface area contributed by atoms with Gasteiger partial charge in [-0.15, -0.1) is 0 Å². The number of carboxylic acids is 1. The van der Waals surface area contributed by atoms with Crippen LogP contribution in [-0.2, 0) is 10.0 Å². The summed E-state index contributed by atoms with van der Waals surface area (Å²) >= 11 is 2.93. The summed E-state index contributed by atoms with van der Waals surface area (Å²) in [6.07, 6.45) is 2.11. The van der Waals surface area contributed by atoms with Crippen molar-refractivity contribution in [3.63, 3.8) is 0 Å². The highest BCUT2D eigenvalue weighted by molar-refractivity contribution is 9.10. The predicted molar refractivity (Wildman–Crippen MR) is 76.6 cm³/mol. The summed E-state index contributed by atoms with van der Waals surface area (Å²) in [6.45, 7) is 0. The van der Waals surface area contributed by atoms with Crippen LogP contribution in [0.3, 0.4) is 0 Å². The largest absolute Gasteiger partial charge is 0.475 e. The molecule has 118 valence electrons. The smallest absolute Gasteiger partial charge is 0.371 e. The van der Waals surface area contributed by atoms with Gasteiger partial charge < -0.3 is 14.6 Å². The number of carboxylic acid groups (broad SMARTS) is 1. The molecule has 2 rings (SSSR count). The van der Waals surface area contributed by atoms with Crippen molar-refractivity contribution in [2.24, 2.45) is 0 Å². The molecule has 0 aromatic carbocycles. The Morgan fingerprint density at radius 2 is 2.05 bits per heavy atom. The maximum atomic E-state index is 12.6. The molecule has 21 heavy (non-hydrogen) atoms. The number of aromatic carboxylic acids is 1. The summed E-state index contributed by atoms with van der Waals surface area (Å²) in [6, 6.07) is 0.451. The molecule has 1 saturated carbocycles. The third-order valence-corrected chi connectivity index (χ3v) is 6.42. The van der Waals surface area contributed by atoms with E-state index in [1.54, 1.807) is 0 Å². The number of aliphatic hydroxyl groups is 1. The monoisotopic (exact) mass is 381 g/mol. The molecule has 2 N–H and O–H groups in total. The van der Waals surface area contributed by atoms with E-state index in [-0.39, 0.29) is 9.56 Å². The standard InChI is InChI=1S/C12H16BrNO6S/c1-14(7-4-2-3-5-8(7)15)21(18,19)10-6-9(12(16)17)20-11(10)13/h6-8,15H,2-5H2,1H3,(H,16,17). The van der Waals surface area contributed by atoms with Crippen LogP contribution in [0.5, 0.6) is 0 Å². The van der Waals surface area contributed by atoms with Crippen LogP contribution in [0.4, 0.5) is 0 Å². The van der Waals surface area contributed by atoms with E-state index in [1.807, 2.05) is 0 Å². The number of carbonyl (C=O) groups is 1. The van der Waals surface area contributed by atoms with Gasteiger partial charge in [0.15, 0.2) is 4.67 Å². The Kier molecular flexibility index (Phi) is 4.76. The van der Waals surface area contributed by atoms with Gasteiger partial charge in [-0.1, -0.05) is 12.8 Å². The van der Waals surface area contributed by atoms with Crippen molar-refractivity contribution in [3.05, 3.63) is 16.5 Å². The topological polar surface area (TPSA) is 108 Å². The minimum atomic E-state index is -3.95. The Bertz CT molecular complexity index is 640. The second-order valence-electron chi connectivity index (χ2n) is 4.99. The van der Waals surface area contributed by atoms with Crippen molar-refractivity contribution in [2.75, 3.05) is 7.05 Å². The minimum Gasteiger partial charge on any atom is -0.475 e. The van der Waals surface area contributed by atoms with Crippen LogP contribution in [0.25, 0.3) is 0 Å². The summed E-state index contributed by atoms with van der Waals surface area (Å²) in [7, 11) is -2.56. The van der Waals surface area contributed by atoms with E-state index in [2.05, 4.69) is 15.9 Å². The minimum absolute atomic E-state index is 0.156. The Balaban J connectivity index is 2.34. The second kappa shape index (κ2) is 6.07. The number of hydrogen-bond acceptors (Lipinski definition) is 5. The molecule has 9 heteroatoms. The fourth-order valence-electron chi connectivity index (χ4n) is 2.48. The van der Waals surface area contributed by atoms with Crippen LogP contribution in [0.15, 0.2) is 20.0 Å². The number of likely N-dealkylation sites (N-methyl/N-ethyl adjacent to an activating group) is 1. The molecular weight excluding hydrogens is 366 g/mol. The van der Waals surface area contributed by atoms with Gasteiger partial charge in [0.05, 0.1) is 12.1 Å². The lowest BCUT2D eigenvalue weighted by atomic mass is 9.93. The van der Waals surface area contributed by atoms with Crippen LogP contribution < -0.4 is 0 Å². The first-order chi connectivity index (χ1) is 9.75. The van der Waals surface area contributed by atoms with E-state index in [9.17, 15) is 18.3 Å². The molecule has 1 aliphatic carbocycles. The normalized spacial score (nSPS) is 23.4. The van der Waals surface area contributed by atoms with E-state index in [0.717, 1.165) is 23.2 Å². The highest BCUT2D eigenvalue weighted by Gasteiger charge is 2.36. The molecule has 0 spiro atoms. The molecule has 0 saturated heterocycles. The van der Waals surface area contributed by atoms with Crippen LogP contribution >= 0.6 is 15.9 Å². The third kappa shape index (κ3) is 3.15. The Morgan fingerprint density at radius 1 is 1.43 bits per heavy atom. The molecule has 7 nitrogen and oxygen atoms in total. The third-order valence-electron chi connectivity index (χ3n) is 3.68. The lowest BCUT2D eigenvalue weighted by molar-refractivity contribution is 0.0637. The zero-order valence-corrected chi connectivity index (χ0v) is 13.7. The maximum Gasteiger partial charge on any atom is 0.371 e. The number of rotatable bonds is 4. The Labute approximate surface area is 130 Å². The molecule has 0 bridgehead atoms. The first-order valence-electron chi connectivity index (χ1n) is 6.44. The summed E-state index contributed by atoms with van der Waals surface area (Å²) in [5.74, 6) is -1.81. The number of nitrogens with zero attached hydrogens (tertiary/aromatic N) is 1. The molecule has 2 unspecified atom stereocenters. The molecule has 0 amide bonds. The van der Waals surface area contributed by atoms with E-state index in [0.29, 0.717) is 12.8 Å². The summed E-state index contributed by atoms with van der Waals surface area (Å²) < 4.78 is 30.9. The zero-order chi connectivity index (χ0) is 15.8. The van der Waals surface area contributed by atoms with Crippen molar-refractivity contribution in [1.29, 1.82) is 0 Å². The van der Waals surface area contributed by atoms with Gasteiger partial charge >= 0.3 is 5.97 Å². The first-order valence-corrected chi connectivity index (χ1v) is 8.67. The van der Waals surface area contributed by atoms with E-state index in [4.69, 9.17) is 9.52 Å². The van der Waals surface area contributed by atoms with Crippen molar-refractivity contribution < 1.29 is 27.8 Å². The van der Waals surface area contributed by atoms with Gasteiger partial charge in [0, 0.05) is 13.1 Å². The van der Waals surface area contributed by atoms with Crippen molar-refractivity contribution in [1.82, 2.24) is 4.31 Å². The van der Waals surface area contributed by atoms with Crippen molar-refractivity contribution in [3.8, 4) is 0 Å². The zero-order valence-electron chi connectivity index (χ0n) is 11.3. The molecule has 1 aromatic rings. The number of sulfonamides is 1. The second-order valence-corrected chi connectivity index (χ2v) is 7.68. The number of furan rings is 1. The maximum absolute atomic E-state index is 12.6. The summed E-state index contributed by atoms with van der Waals surface area (Å²) in [5.41, 5.74) is 0. The molecule has 0 aliphatic heterocycles. The SMILES string of the molecule is CN(C1CCCCC1O)S(=O)(=O)c1cc(C(=O)O)oc1Br. The summed E-state index contributed by atoms with van der Waals surface area (Å²) in [5, 5.41) is 18.8. The lowest BCUT2D eigenvalue weighted by Gasteiger charge is -2.34.